The fraction of sp³-hybridized carbons (Fsp3) is 0.709. The third kappa shape index (κ3) is 45.3. The van der Waals surface area contributed by atoms with Crippen LogP contribution in [0.5, 0.6) is 0 Å². The van der Waals surface area contributed by atoms with Crippen LogP contribution in [0.25, 0.3) is 0 Å². The predicted molar refractivity (Wildman–Crippen MR) is 382 cm³/mol. The number of aliphatic hydroxyl groups excluding tert-OH is 8. The maximum Gasteiger partial charge on any atom is 0.220 e. The Morgan fingerprint density at radius 2 is 0.742 bits per heavy atom. The van der Waals surface area contributed by atoms with Crippen molar-refractivity contribution in [1.82, 2.24) is 5.32 Å². The lowest BCUT2D eigenvalue weighted by Gasteiger charge is -2.46. The second-order valence-corrected chi connectivity index (χ2v) is 25.3. The molecule has 2 saturated heterocycles. The third-order valence-electron chi connectivity index (χ3n) is 17.1. The Morgan fingerprint density at radius 1 is 0.398 bits per heavy atom. The lowest BCUT2D eigenvalue weighted by atomic mass is 9.97. The minimum Gasteiger partial charge on any atom is -0.394 e. The van der Waals surface area contributed by atoms with Crippen molar-refractivity contribution < 1.29 is 64.6 Å². The maximum atomic E-state index is 13.3. The second kappa shape index (κ2) is 61.7. The number of amides is 1. The van der Waals surface area contributed by atoms with E-state index < -0.39 is 86.8 Å². The highest BCUT2D eigenvalue weighted by atomic mass is 16.7. The number of aliphatic hydroxyl groups is 8. The average Bonchev–Trinajstić information content (AvgIpc) is 0.852. The molecular weight excluding hydrogens is 1170 g/mol. The van der Waals surface area contributed by atoms with Crippen LogP contribution in [0.3, 0.4) is 0 Å². The molecule has 14 heteroatoms. The summed E-state index contributed by atoms with van der Waals surface area (Å²) in [6.07, 6.45) is 75.0. The summed E-state index contributed by atoms with van der Waals surface area (Å²) in [6, 6.07) is -0.950. The van der Waals surface area contributed by atoms with E-state index in [0.29, 0.717) is 6.42 Å². The molecule has 9 N–H and O–H groups in total. The Labute approximate surface area is 564 Å². The van der Waals surface area contributed by atoms with Crippen LogP contribution in [-0.2, 0) is 23.7 Å². The van der Waals surface area contributed by atoms with Crippen molar-refractivity contribution >= 4 is 5.91 Å². The Morgan fingerprint density at radius 3 is 1.14 bits per heavy atom. The Kier molecular flexibility index (Phi) is 56.5. The number of nitrogens with one attached hydrogen (secondary N) is 1. The molecule has 2 fully saturated rings. The van der Waals surface area contributed by atoms with Gasteiger partial charge < -0.3 is 65.1 Å². The van der Waals surface area contributed by atoms with Gasteiger partial charge in [0.15, 0.2) is 12.6 Å². The fourth-order valence-electron chi connectivity index (χ4n) is 11.3. The molecule has 0 bridgehead atoms. The van der Waals surface area contributed by atoms with E-state index in [4.69, 9.17) is 18.9 Å². The quantitative estimate of drug-likeness (QED) is 0.0204. The van der Waals surface area contributed by atoms with Crippen molar-refractivity contribution in [2.45, 2.75) is 338 Å². The molecule has 0 aromatic carbocycles. The third-order valence-corrected chi connectivity index (χ3v) is 17.1. The van der Waals surface area contributed by atoms with Crippen LogP contribution < -0.4 is 5.32 Å². The summed E-state index contributed by atoms with van der Waals surface area (Å²) in [7, 11) is 0. The van der Waals surface area contributed by atoms with Crippen molar-refractivity contribution in [1.29, 1.82) is 0 Å². The van der Waals surface area contributed by atoms with Gasteiger partial charge in [-0.3, -0.25) is 4.79 Å². The minimum absolute atomic E-state index is 0.217. The van der Waals surface area contributed by atoms with E-state index in [1.54, 1.807) is 6.08 Å². The van der Waals surface area contributed by atoms with Crippen LogP contribution in [-0.4, -0.2) is 140 Å². The number of hydrogen-bond donors (Lipinski definition) is 9. The lowest BCUT2D eigenvalue weighted by Crippen LogP contribution is -2.65. The van der Waals surface area contributed by atoms with E-state index in [1.165, 1.54) is 135 Å². The molecule has 0 saturated carbocycles. The molecule has 2 rings (SSSR count). The van der Waals surface area contributed by atoms with Crippen molar-refractivity contribution in [3.63, 3.8) is 0 Å². The Bertz CT molecular complexity index is 2070. The monoisotopic (exact) mass is 1300 g/mol. The number of carbonyl (C=O) groups excluding carboxylic acids is 1. The van der Waals surface area contributed by atoms with E-state index in [9.17, 15) is 45.6 Å². The summed E-state index contributed by atoms with van der Waals surface area (Å²) in [6.45, 7) is 2.67. The molecule has 0 aromatic heterocycles. The van der Waals surface area contributed by atoms with Gasteiger partial charge in [0.2, 0.25) is 5.91 Å². The summed E-state index contributed by atoms with van der Waals surface area (Å²) in [5.41, 5.74) is 0. The van der Waals surface area contributed by atoms with Gasteiger partial charge >= 0.3 is 0 Å². The standard InChI is InChI=1S/C79H133NO13/c1-3-5-7-9-11-13-15-17-19-21-23-25-27-29-31-32-33-34-35-36-37-39-41-43-45-47-49-51-53-55-57-59-61-63-71(84)80-67(66-90-78-76(89)74(87)77(70(65-82)92-78)93-79-75(88)73(86)72(85)69(64-81)91-79)68(83)62-60-58-56-54-52-50-48-46-44-42-40-38-30-28-26-24-22-20-18-16-14-12-10-8-6-4-2/h5,7,11,13,17,19,23,25,29,31,33-34,36-37,41,43,47,49,53,55,60,62,67-70,72-79,81-83,85-89H,3-4,6,8-10,12,14-16,18,20-22,24,26-28,30,32,35,38-40,42,44-46,48,50-52,54,56-59,61,63-66H2,1-2H3,(H,80,84)/b7-5-,13-11-,19-17-,25-23-,31-29-,34-33-,37-36-,43-41-,49-47-,55-53-,62-60+. The van der Waals surface area contributed by atoms with Crippen LogP contribution in [0.15, 0.2) is 134 Å². The normalized spacial score (nSPS) is 23.4. The predicted octanol–water partition coefficient (Wildman–Crippen LogP) is 15.8. The van der Waals surface area contributed by atoms with Gasteiger partial charge in [0.1, 0.15) is 48.8 Å². The largest absolute Gasteiger partial charge is 0.394 e. The van der Waals surface area contributed by atoms with E-state index in [2.05, 4.69) is 141 Å². The van der Waals surface area contributed by atoms with E-state index in [1.807, 2.05) is 6.08 Å². The minimum atomic E-state index is -1.80. The first kappa shape index (κ1) is 85.2. The highest BCUT2D eigenvalue weighted by Crippen LogP contribution is 2.30. The number of allylic oxidation sites excluding steroid dienone is 21. The number of hydrogen-bond acceptors (Lipinski definition) is 13. The van der Waals surface area contributed by atoms with Gasteiger partial charge in [0.25, 0.3) is 0 Å². The molecule has 2 heterocycles. The molecule has 93 heavy (non-hydrogen) atoms. The Hall–Kier alpha value is -3.87. The molecule has 12 atom stereocenters. The summed E-state index contributed by atoms with van der Waals surface area (Å²) < 4.78 is 22.8. The first-order valence-electron chi connectivity index (χ1n) is 36.9. The molecular formula is C79H133NO13. The van der Waals surface area contributed by atoms with Gasteiger partial charge in [-0.15, -0.1) is 0 Å². The maximum absolute atomic E-state index is 13.3. The van der Waals surface area contributed by atoms with Crippen LogP contribution in [0.2, 0.25) is 0 Å². The van der Waals surface area contributed by atoms with Gasteiger partial charge in [-0.2, -0.15) is 0 Å². The zero-order valence-electron chi connectivity index (χ0n) is 57.9. The molecule has 1 amide bonds. The van der Waals surface area contributed by atoms with Crippen molar-refractivity contribution in [2.24, 2.45) is 0 Å². The van der Waals surface area contributed by atoms with Gasteiger partial charge in [-0.05, 0) is 96.3 Å². The van der Waals surface area contributed by atoms with E-state index >= 15 is 0 Å². The molecule has 2 aliphatic heterocycles. The molecule has 12 unspecified atom stereocenters. The lowest BCUT2D eigenvalue weighted by molar-refractivity contribution is -0.359. The molecule has 14 nitrogen and oxygen atoms in total. The highest BCUT2D eigenvalue weighted by molar-refractivity contribution is 5.76. The fourth-order valence-corrected chi connectivity index (χ4v) is 11.3. The SMILES string of the molecule is CC/C=C\C/C=C\C/C=C\C/C=C\C/C=C\C/C=C\C/C=C\C/C=C\C/C=C\C/C=C\CCCCC(=O)NC(COC1OC(CO)C(OC2OC(CO)C(O)C(O)C2O)C(O)C1O)C(O)/C=C/CCCCCCCCCCCCCCCCCCCCCCCCCC. The van der Waals surface area contributed by atoms with Gasteiger partial charge in [0.05, 0.1) is 32.0 Å². The average molecular weight is 1300 g/mol. The number of carbonyl (C=O) groups is 1. The topological polar surface area (TPSA) is 228 Å². The number of unbranched alkanes of at least 4 members (excludes halogenated alkanes) is 26. The highest BCUT2D eigenvalue weighted by Gasteiger charge is 2.51. The zero-order chi connectivity index (χ0) is 67.3. The summed E-state index contributed by atoms with van der Waals surface area (Å²) in [4.78, 5) is 13.3. The van der Waals surface area contributed by atoms with Crippen molar-refractivity contribution in [2.75, 3.05) is 19.8 Å². The van der Waals surface area contributed by atoms with Crippen LogP contribution >= 0.6 is 0 Å². The number of rotatable bonds is 59. The molecule has 0 aromatic rings. The van der Waals surface area contributed by atoms with Crippen LogP contribution in [0.4, 0.5) is 0 Å². The van der Waals surface area contributed by atoms with E-state index in [-0.39, 0.29) is 18.9 Å². The molecule has 2 aliphatic rings. The first-order valence-corrected chi connectivity index (χ1v) is 36.9. The van der Waals surface area contributed by atoms with Crippen LogP contribution in [0, 0.1) is 0 Å². The zero-order valence-corrected chi connectivity index (χ0v) is 57.9. The molecule has 532 valence electrons. The van der Waals surface area contributed by atoms with Gasteiger partial charge in [-0.25, -0.2) is 0 Å². The van der Waals surface area contributed by atoms with Crippen molar-refractivity contribution in [3.05, 3.63) is 134 Å². The van der Waals surface area contributed by atoms with Crippen molar-refractivity contribution in [3.8, 4) is 0 Å². The van der Waals surface area contributed by atoms with Gasteiger partial charge in [0, 0.05) is 6.42 Å². The molecule has 0 spiro atoms. The summed E-state index contributed by atoms with van der Waals surface area (Å²) in [5.74, 6) is -0.284. The van der Waals surface area contributed by atoms with Crippen LogP contribution in [0.1, 0.15) is 264 Å². The second-order valence-electron chi connectivity index (χ2n) is 25.3. The summed E-state index contributed by atoms with van der Waals surface area (Å²) >= 11 is 0. The molecule has 0 aliphatic carbocycles. The molecule has 0 radical (unpaired) electrons. The first-order chi connectivity index (χ1) is 45.6. The number of ether oxygens (including phenoxy) is 4. The smallest absolute Gasteiger partial charge is 0.220 e. The van der Waals surface area contributed by atoms with Gasteiger partial charge in [-0.1, -0.05) is 295 Å². The Balaban J connectivity index is 1.71. The van der Waals surface area contributed by atoms with E-state index in [0.717, 1.165) is 103 Å². The summed E-state index contributed by atoms with van der Waals surface area (Å²) in [5, 5.41) is 87.5.